The summed E-state index contributed by atoms with van der Waals surface area (Å²) in [6, 6.07) is 4.05. The molecule has 0 bridgehead atoms. The molecule has 0 aromatic carbocycles. The van der Waals surface area contributed by atoms with Crippen molar-refractivity contribution >= 4 is 11.8 Å². The molecule has 7 nitrogen and oxygen atoms in total. The molecule has 0 N–H and O–H groups in total. The van der Waals surface area contributed by atoms with Gasteiger partial charge in [-0.2, -0.15) is 10.2 Å². The van der Waals surface area contributed by atoms with Crippen molar-refractivity contribution < 1.29 is 9.53 Å². The van der Waals surface area contributed by atoms with Crippen molar-refractivity contribution in [3.63, 3.8) is 0 Å². The normalized spacial score (nSPS) is 17.8. The van der Waals surface area contributed by atoms with Crippen molar-refractivity contribution in [2.75, 3.05) is 18.1 Å². The zero-order valence-corrected chi connectivity index (χ0v) is 15.3. The summed E-state index contributed by atoms with van der Waals surface area (Å²) in [6.07, 6.45) is 5.33. The third-order valence-corrected chi connectivity index (χ3v) is 4.37. The van der Waals surface area contributed by atoms with E-state index in [-0.39, 0.29) is 17.6 Å². The number of ether oxygens (including phenoxy) is 1. The lowest BCUT2D eigenvalue weighted by atomic mass is 10.1. The molecule has 25 heavy (non-hydrogen) atoms. The van der Waals surface area contributed by atoms with Crippen LogP contribution in [-0.4, -0.2) is 45.1 Å². The molecule has 1 aliphatic heterocycles. The van der Waals surface area contributed by atoms with Crippen LogP contribution in [0.5, 0.6) is 0 Å². The van der Waals surface area contributed by atoms with Gasteiger partial charge >= 0.3 is 5.97 Å². The highest BCUT2D eigenvalue weighted by Gasteiger charge is 2.27. The molecule has 2 aromatic heterocycles. The molecular weight excluding hydrogens is 318 g/mol. The second kappa shape index (κ2) is 6.82. The number of rotatable bonds is 4. The van der Waals surface area contributed by atoms with Crippen molar-refractivity contribution in [2.24, 2.45) is 0 Å². The standard InChI is InChI=1S/C18H25N5O2/c1-13-7-8-16(21-20-13)22-9-5-6-15(22)12-25-17(24)14-10-19-23(11-14)18(2,3)4/h7-8,10-11,15H,5-6,9,12H2,1-4H3/t15-/m1/s1. The molecule has 7 heteroatoms. The van der Waals surface area contributed by atoms with E-state index in [1.165, 1.54) is 0 Å². The van der Waals surface area contributed by atoms with Crippen LogP contribution >= 0.6 is 0 Å². The number of nitrogens with zero attached hydrogens (tertiary/aromatic N) is 5. The third kappa shape index (κ3) is 3.97. The summed E-state index contributed by atoms with van der Waals surface area (Å²) in [6.45, 7) is 9.27. The molecule has 0 amide bonds. The summed E-state index contributed by atoms with van der Waals surface area (Å²) in [5, 5.41) is 12.6. The van der Waals surface area contributed by atoms with E-state index < -0.39 is 0 Å². The fourth-order valence-corrected chi connectivity index (χ4v) is 2.91. The number of aromatic nitrogens is 4. The van der Waals surface area contributed by atoms with E-state index in [9.17, 15) is 4.79 Å². The second-order valence-electron chi connectivity index (χ2n) is 7.47. The number of anilines is 1. The predicted octanol–water partition coefficient (Wildman–Crippen LogP) is 2.56. The molecule has 0 spiro atoms. The predicted molar refractivity (Wildman–Crippen MR) is 94.6 cm³/mol. The molecule has 1 aliphatic rings. The summed E-state index contributed by atoms with van der Waals surface area (Å²) in [4.78, 5) is 14.5. The van der Waals surface area contributed by atoms with Crippen LogP contribution in [0.1, 0.15) is 49.7 Å². The Kier molecular flexibility index (Phi) is 4.74. The Morgan fingerprint density at radius 3 is 2.76 bits per heavy atom. The Morgan fingerprint density at radius 1 is 1.32 bits per heavy atom. The number of hydrogen-bond donors (Lipinski definition) is 0. The third-order valence-electron chi connectivity index (χ3n) is 4.37. The summed E-state index contributed by atoms with van der Waals surface area (Å²) in [5.41, 5.74) is 1.21. The Morgan fingerprint density at radius 2 is 2.12 bits per heavy atom. The van der Waals surface area contributed by atoms with Crippen molar-refractivity contribution in [2.45, 2.75) is 52.1 Å². The van der Waals surface area contributed by atoms with Crippen LogP contribution in [0.15, 0.2) is 24.5 Å². The van der Waals surface area contributed by atoms with Crippen LogP contribution in [0.2, 0.25) is 0 Å². The van der Waals surface area contributed by atoms with E-state index in [4.69, 9.17) is 4.74 Å². The van der Waals surface area contributed by atoms with E-state index in [0.29, 0.717) is 12.2 Å². The molecule has 0 saturated carbocycles. The number of hydrogen-bond acceptors (Lipinski definition) is 6. The van der Waals surface area contributed by atoms with Gasteiger partial charge in [-0.15, -0.1) is 5.10 Å². The Balaban J connectivity index is 1.61. The summed E-state index contributed by atoms with van der Waals surface area (Å²) in [7, 11) is 0. The van der Waals surface area contributed by atoms with Crippen molar-refractivity contribution in [3.8, 4) is 0 Å². The molecule has 3 rings (SSSR count). The zero-order chi connectivity index (χ0) is 18.0. The van der Waals surface area contributed by atoms with Gasteiger partial charge in [-0.05, 0) is 52.7 Å². The van der Waals surface area contributed by atoms with Gasteiger partial charge in [0.1, 0.15) is 6.61 Å². The molecule has 1 atom stereocenters. The first kappa shape index (κ1) is 17.4. The van der Waals surface area contributed by atoms with Gasteiger partial charge in [0.2, 0.25) is 0 Å². The SMILES string of the molecule is Cc1ccc(N2CCC[C@@H]2COC(=O)c2cnn(C(C)(C)C)c2)nn1. The lowest BCUT2D eigenvalue weighted by Gasteiger charge is -2.24. The zero-order valence-electron chi connectivity index (χ0n) is 15.3. The minimum Gasteiger partial charge on any atom is -0.460 e. The Labute approximate surface area is 148 Å². The first-order valence-corrected chi connectivity index (χ1v) is 8.64. The summed E-state index contributed by atoms with van der Waals surface area (Å²) in [5.74, 6) is 0.502. The number of esters is 1. The Hall–Kier alpha value is -2.44. The minimum atomic E-state index is -0.336. The summed E-state index contributed by atoms with van der Waals surface area (Å²) < 4.78 is 7.30. The maximum absolute atomic E-state index is 12.3. The van der Waals surface area contributed by atoms with Crippen LogP contribution in [-0.2, 0) is 10.3 Å². The van der Waals surface area contributed by atoms with Gasteiger partial charge in [0.05, 0.1) is 29.0 Å². The molecule has 2 aromatic rings. The molecule has 0 radical (unpaired) electrons. The quantitative estimate of drug-likeness (QED) is 0.795. The molecule has 0 unspecified atom stereocenters. The van der Waals surface area contributed by atoms with Crippen LogP contribution < -0.4 is 4.90 Å². The maximum atomic E-state index is 12.3. The molecule has 0 aliphatic carbocycles. The van der Waals surface area contributed by atoms with Crippen LogP contribution in [0.3, 0.4) is 0 Å². The van der Waals surface area contributed by atoms with E-state index in [1.807, 2.05) is 39.8 Å². The number of carbonyl (C=O) groups is 1. The van der Waals surface area contributed by atoms with Gasteiger partial charge in [0, 0.05) is 12.7 Å². The topological polar surface area (TPSA) is 73.1 Å². The molecular formula is C18H25N5O2. The van der Waals surface area contributed by atoms with E-state index in [1.54, 1.807) is 17.1 Å². The second-order valence-corrected chi connectivity index (χ2v) is 7.47. The molecule has 1 fully saturated rings. The lowest BCUT2D eigenvalue weighted by Crippen LogP contribution is -2.34. The van der Waals surface area contributed by atoms with E-state index >= 15 is 0 Å². The number of carbonyl (C=O) groups excluding carboxylic acids is 1. The van der Waals surface area contributed by atoms with Crippen molar-refractivity contribution in [1.82, 2.24) is 20.0 Å². The van der Waals surface area contributed by atoms with Crippen LogP contribution in [0, 0.1) is 6.92 Å². The molecule has 3 heterocycles. The van der Waals surface area contributed by atoms with Gasteiger partial charge in [0.25, 0.3) is 0 Å². The van der Waals surface area contributed by atoms with E-state index in [0.717, 1.165) is 30.9 Å². The highest BCUT2D eigenvalue weighted by Crippen LogP contribution is 2.24. The van der Waals surface area contributed by atoms with Crippen molar-refractivity contribution in [3.05, 3.63) is 35.8 Å². The largest absolute Gasteiger partial charge is 0.460 e. The van der Waals surface area contributed by atoms with Gasteiger partial charge < -0.3 is 9.64 Å². The highest BCUT2D eigenvalue weighted by atomic mass is 16.5. The minimum absolute atomic E-state index is 0.138. The van der Waals surface area contributed by atoms with Crippen LogP contribution in [0.4, 0.5) is 5.82 Å². The smallest absolute Gasteiger partial charge is 0.341 e. The first-order chi connectivity index (χ1) is 11.8. The highest BCUT2D eigenvalue weighted by molar-refractivity contribution is 5.88. The Bertz CT molecular complexity index is 733. The maximum Gasteiger partial charge on any atom is 0.341 e. The monoisotopic (exact) mass is 343 g/mol. The van der Waals surface area contributed by atoms with E-state index in [2.05, 4.69) is 20.2 Å². The van der Waals surface area contributed by atoms with Crippen LogP contribution in [0.25, 0.3) is 0 Å². The van der Waals surface area contributed by atoms with Gasteiger partial charge in [-0.25, -0.2) is 4.79 Å². The average molecular weight is 343 g/mol. The molecule has 1 saturated heterocycles. The van der Waals surface area contributed by atoms with Gasteiger partial charge in [0.15, 0.2) is 5.82 Å². The van der Waals surface area contributed by atoms with Gasteiger partial charge in [-0.1, -0.05) is 0 Å². The number of aryl methyl sites for hydroxylation is 1. The summed E-state index contributed by atoms with van der Waals surface area (Å²) >= 11 is 0. The fourth-order valence-electron chi connectivity index (χ4n) is 2.91. The fraction of sp³-hybridized carbons (Fsp3) is 0.556. The first-order valence-electron chi connectivity index (χ1n) is 8.64. The molecule has 134 valence electrons. The van der Waals surface area contributed by atoms with Gasteiger partial charge in [-0.3, -0.25) is 4.68 Å². The van der Waals surface area contributed by atoms with Crippen molar-refractivity contribution in [1.29, 1.82) is 0 Å². The lowest BCUT2D eigenvalue weighted by molar-refractivity contribution is 0.0482. The average Bonchev–Trinajstić information content (AvgIpc) is 3.22.